The summed E-state index contributed by atoms with van der Waals surface area (Å²) in [4.78, 5) is 14.2. The Kier molecular flexibility index (Phi) is 5.02. The molecule has 7 heteroatoms. The van der Waals surface area contributed by atoms with E-state index in [2.05, 4.69) is 10.3 Å². The highest BCUT2D eigenvalue weighted by Gasteiger charge is 2.11. The molecule has 94 valence electrons. The van der Waals surface area contributed by atoms with Crippen LogP contribution in [0.25, 0.3) is 0 Å². The number of hydrogen-bond donors (Lipinski definition) is 1. The van der Waals surface area contributed by atoms with E-state index in [1.807, 2.05) is 0 Å². The number of nitrogens with one attached hydrogen (secondary N) is 1. The van der Waals surface area contributed by atoms with Gasteiger partial charge in [-0.15, -0.1) is 0 Å². The Morgan fingerprint density at radius 3 is 2.76 bits per heavy atom. The number of rotatable bonds is 6. The van der Waals surface area contributed by atoms with Crippen LogP contribution in [0.3, 0.4) is 0 Å². The number of pyridine rings is 1. The minimum atomic E-state index is -0.787. The van der Waals surface area contributed by atoms with E-state index in [0.29, 0.717) is 23.8 Å². The highest BCUT2D eigenvalue weighted by molar-refractivity contribution is 7.84. The highest BCUT2D eigenvalue weighted by atomic mass is 32.2. The zero-order chi connectivity index (χ0) is 12.8. The molecule has 0 aliphatic heterocycles. The lowest BCUT2D eigenvalue weighted by Crippen LogP contribution is -2.08. The van der Waals surface area contributed by atoms with Crippen LogP contribution in [0.5, 0.6) is 0 Å². The Bertz CT molecular complexity index is 437. The molecule has 0 radical (unpaired) electrons. The molecule has 1 aromatic rings. The van der Waals surface area contributed by atoms with Gasteiger partial charge in [0.15, 0.2) is 0 Å². The molecule has 0 fully saturated rings. The van der Waals surface area contributed by atoms with Gasteiger partial charge in [-0.1, -0.05) is 0 Å². The second kappa shape index (κ2) is 6.29. The van der Waals surface area contributed by atoms with Crippen molar-refractivity contribution in [2.45, 2.75) is 13.3 Å². The third kappa shape index (κ3) is 4.48. The topological polar surface area (TPSA) is 85.1 Å². The van der Waals surface area contributed by atoms with E-state index in [9.17, 15) is 14.3 Å². The van der Waals surface area contributed by atoms with Crippen LogP contribution in [0.4, 0.5) is 11.5 Å². The van der Waals surface area contributed by atoms with Crippen LogP contribution in [0.1, 0.15) is 12.1 Å². The number of aromatic nitrogens is 1. The predicted octanol–water partition coefficient (Wildman–Crippen LogP) is 1.48. The van der Waals surface area contributed by atoms with Crippen molar-refractivity contribution in [2.75, 3.05) is 23.9 Å². The summed E-state index contributed by atoms with van der Waals surface area (Å²) in [5.74, 6) is 1.24. The van der Waals surface area contributed by atoms with Gasteiger partial charge < -0.3 is 5.32 Å². The quantitative estimate of drug-likeness (QED) is 0.474. The maximum Gasteiger partial charge on any atom is 0.290 e. The molecule has 1 atom stereocenters. The van der Waals surface area contributed by atoms with E-state index < -0.39 is 15.7 Å². The number of anilines is 1. The van der Waals surface area contributed by atoms with Gasteiger partial charge in [0.25, 0.3) is 5.69 Å². The van der Waals surface area contributed by atoms with Crippen LogP contribution in [-0.2, 0) is 10.8 Å². The smallest absolute Gasteiger partial charge is 0.290 e. The monoisotopic (exact) mass is 257 g/mol. The Balaban J connectivity index is 2.53. The minimum Gasteiger partial charge on any atom is -0.370 e. The van der Waals surface area contributed by atoms with E-state index in [0.717, 1.165) is 6.42 Å². The van der Waals surface area contributed by atoms with Gasteiger partial charge in [-0.2, -0.15) is 0 Å². The SMILES string of the molecule is Cc1nc(NCCC[S@](C)=O)ccc1[N+](=O)[O-]. The average Bonchev–Trinajstić information content (AvgIpc) is 2.23. The first-order valence-corrected chi connectivity index (χ1v) is 6.89. The first kappa shape index (κ1) is 13.6. The van der Waals surface area contributed by atoms with Gasteiger partial charge in [0.2, 0.25) is 0 Å². The summed E-state index contributed by atoms with van der Waals surface area (Å²) in [6.45, 7) is 2.26. The van der Waals surface area contributed by atoms with Crippen LogP contribution < -0.4 is 5.32 Å². The molecule has 17 heavy (non-hydrogen) atoms. The van der Waals surface area contributed by atoms with Gasteiger partial charge in [-0.3, -0.25) is 14.3 Å². The third-order valence-electron chi connectivity index (χ3n) is 2.17. The Hall–Kier alpha value is -1.50. The number of nitrogens with zero attached hydrogens (tertiary/aromatic N) is 2. The van der Waals surface area contributed by atoms with Crippen molar-refractivity contribution in [1.82, 2.24) is 4.98 Å². The molecule has 1 heterocycles. The summed E-state index contributed by atoms with van der Waals surface area (Å²) in [5.41, 5.74) is 0.407. The molecular weight excluding hydrogens is 242 g/mol. The Morgan fingerprint density at radius 2 is 2.24 bits per heavy atom. The zero-order valence-electron chi connectivity index (χ0n) is 9.80. The summed E-state index contributed by atoms with van der Waals surface area (Å²) in [6, 6.07) is 3.01. The van der Waals surface area contributed by atoms with Crippen molar-refractivity contribution in [3.05, 3.63) is 27.9 Å². The lowest BCUT2D eigenvalue weighted by atomic mass is 10.3. The fraction of sp³-hybridized carbons (Fsp3) is 0.500. The molecule has 1 rings (SSSR count). The van der Waals surface area contributed by atoms with Gasteiger partial charge in [0.05, 0.1) is 4.92 Å². The molecule has 0 unspecified atom stereocenters. The van der Waals surface area contributed by atoms with Gasteiger partial charge >= 0.3 is 0 Å². The van der Waals surface area contributed by atoms with Crippen LogP contribution >= 0.6 is 0 Å². The molecule has 0 aliphatic rings. The Labute approximate surface area is 102 Å². The summed E-state index contributed by atoms with van der Waals surface area (Å²) in [7, 11) is -0.787. The Morgan fingerprint density at radius 1 is 1.53 bits per heavy atom. The fourth-order valence-corrected chi connectivity index (χ4v) is 1.89. The number of aryl methyl sites for hydroxylation is 1. The van der Waals surface area contributed by atoms with Crippen LogP contribution in [0.15, 0.2) is 12.1 Å². The van der Waals surface area contributed by atoms with Crippen molar-refractivity contribution >= 4 is 22.3 Å². The van der Waals surface area contributed by atoms with Crippen molar-refractivity contribution in [2.24, 2.45) is 0 Å². The molecule has 0 saturated carbocycles. The minimum absolute atomic E-state index is 0.0187. The summed E-state index contributed by atoms with van der Waals surface area (Å²) >= 11 is 0. The van der Waals surface area contributed by atoms with Crippen LogP contribution in [0.2, 0.25) is 0 Å². The molecule has 1 N–H and O–H groups in total. The summed E-state index contributed by atoms with van der Waals surface area (Å²) in [6.07, 6.45) is 2.44. The van der Waals surface area contributed by atoms with Gasteiger partial charge in [-0.25, -0.2) is 4.98 Å². The van der Waals surface area contributed by atoms with E-state index in [-0.39, 0.29) is 5.69 Å². The van der Waals surface area contributed by atoms with E-state index in [4.69, 9.17) is 0 Å². The summed E-state index contributed by atoms with van der Waals surface area (Å²) < 4.78 is 10.8. The molecular formula is C10H15N3O3S. The largest absolute Gasteiger partial charge is 0.370 e. The zero-order valence-corrected chi connectivity index (χ0v) is 10.6. The number of hydrogen-bond acceptors (Lipinski definition) is 5. The first-order valence-electron chi connectivity index (χ1n) is 5.16. The fourth-order valence-electron chi connectivity index (χ4n) is 1.34. The van der Waals surface area contributed by atoms with E-state index in [1.54, 1.807) is 19.2 Å². The van der Waals surface area contributed by atoms with E-state index in [1.165, 1.54) is 6.07 Å². The van der Waals surface area contributed by atoms with Gasteiger partial charge in [0, 0.05) is 35.4 Å². The lowest BCUT2D eigenvalue weighted by molar-refractivity contribution is -0.385. The average molecular weight is 257 g/mol. The normalized spacial score (nSPS) is 12.1. The van der Waals surface area contributed by atoms with Crippen molar-refractivity contribution < 1.29 is 9.13 Å². The third-order valence-corrected chi connectivity index (χ3v) is 3.03. The molecule has 0 spiro atoms. The number of nitro groups is 1. The predicted molar refractivity (Wildman–Crippen MR) is 67.7 cm³/mol. The van der Waals surface area contributed by atoms with Crippen LogP contribution in [-0.4, -0.2) is 32.7 Å². The second-order valence-corrected chi connectivity index (χ2v) is 5.17. The van der Waals surface area contributed by atoms with Crippen LogP contribution in [0, 0.1) is 17.0 Å². The maximum absolute atomic E-state index is 10.8. The standard InChI is InChI=1S/C10H15N3O3S/c1-8-9(13(14)15)4-5-10(12-8)11-6-3-7-17(2)16/h4-5H,3,6-7H2,1-2H3,(H,11,12)/t17-/m0/s1. The highest BCUT2D eigenvalue weighted by Crippen LogP contribution is 2.17. The maximum atomic E-state index is 10.8. The lowest BCUT2D eigenvalue weighted by Gasteiger charge is -2.05. The van der Waals surface area contributed by atoms with Crippen molar-refractivity contribution in [3.8, 4) is 0 Å². The molecule has 0 saturated heterocycles. The molecule has 0 aromatic carbocycles. The summed E-state index contributed by atoms with van der Waals surface area (Å²) in [5, 5.41) is 13.6. The molecule has 0 bridgehead atoms. The van der Waals surface area contributed by atoms with Crippen molar-refractivity contribution in [1.29, 1.82) is 0 Å². The molecule has 0 amide bonds. The van der Waals surface area contributed by atoms with E-state index >= 15 is 0 Å². The van der Waals surface area contributed by atoms with Gasteiger partial charge in [-0.05, 0) is 19.4 Å². The second-order valence-electron chi connectivity index (χ2n) is 3.62. The van der Waals surface area contributed by atoms with Crippen molar-refractivity contribution in [3.63, 3.8) is 0 Å². The first-order chi connectivity index (χ1) is 8.00. The molecule has 0 aliphatic carbocycles. The molecule has 6 nitrogen and oxygen atoms in total. The van der Waals surface area contributed by atoms with Gasteiger partial charge in [0.1, 0.15) is 11.5 Å². The molecule has 1 aromatic heterocycles.